The van der Waals surface area contributed by atoms with Crippen LogP contribution in [-0.4, -0.2) is 12.6 Å². The van der Waals surface area contributed by atoms with Crippen molar-refractivity contribution >= 4 is 23.2 Å². The molecule has 1 N–H and O–H groups in total. The molecule has 1 atom stereocenters. The number of nitrogens with one attached hydrogen (secondary N) is 1. The smallest absolute Gasteiger partial charge is 0.0595 e. The van der Waals surface area contributed by atoms with Crippen molar-refractivity contribution in [2.45, 2.75) is 33.2 Å². The number of benzene rings is 1. The van der Waals surface area contributed by atoms with Gasteiger partial charge in [-0.3, -0.25) is 0 Å². The van der Waals surface area contributed by atoms with Gasteiger partial charge < -0.3 is 5.32 Å². The van der Waals surface area contributed by atoms with Crippen molar-refractivity contribution < 1.29 is 0 Å². The van der Waals surface area contributed by atoms with Crippen molar-refractivity contribution in [2.24, 2.45) is 5.41 Å². The Labute approximate surface area is 120 Å². The van der Waals surface area contributed by atoms with Crippen LogP contribution in [0.3, 0.4) is 0 Å². The Morgan fingerprint density at radius 2 is 2.00 bits per heavy atom. The maximum Gasteiger partial charge on any atom is 0.0595 e. The van der Waals surface area contributed by atoms with E-state index in [1.165, 1.54) is 5.56 Å². The predicted molar refractivity (Wildman–Crippen MR) is 81.6 cm³/mol. The number of hydrogen-bond donors (Lipinski definition) is 1. The molecular weight excluding hydrogens is 265 g/mol. The Hall–Kier alpha value is -0.500. The fourth-order valence-electron chi connectivity index (χ4n) is 1.76. The van der Waals surface area contributed by atoms with E-state index in [1.807, 2.05) is 24.3 Å². The van der Waals surface area contributed by atoms with Gasteiger partial charge in [-0.05, 0) is 24.1 Å². The molecule has 1 rings (SSSR count). The lowest BCUT2D eigenvalue weighted by atomic mass is 9.83. The van der Waals surface area contributed by atoms with E-state index in [0.29, 0.717) is 16.1 Å². The van der Waals surface area contributed by atoms with Crippen LogP contribution in [0.5, 0.6) is 0 Å². The maximum atomic E-state index is 6.04. The largest absolute Gasteiger partial charge is 0.314 e. The van der Waals surface area contributed by atoms with Crippen LogP contribution in [0.15, 0.2) is 30.9 Å². The summed E-state index contributed by atoms with van der Waals surface area (Å²) >= 11 is 12.0. The first-order chi connectivity index (χ1) is 8.36. The highest BCUT2D eigenvalue weighted by Crippen LogP contribution is 2.28. The van der Waals surface area contributed by atoms with E-state index in [0.717, 1.165) is 13.0 Å². The molecule has 3 heteroatoms. The molecule has 1 unspecified atom stereocenters. The van der Waals surface area contributed by atoms with Gasteiger partial charge in [0.05, 0.1) is 10.0 Å². The van der Waals surface area contributed by atoms with Crippen LogP contribution in [-0.2, 0) is 6.42 Å². The zero-order valence-corrected chi connectivity index (χ0v) is 12.8. The summed E-state index contributed by atoms with van der Waals surface area (Å²) in [6, 6.07) is 6.27. The maximum absolute atomic E-state index is 6.04. The van der Waals surface area contributed by atoms with Crippen molar-refractivity contribution in [1.82, 2.24) is 5.32 Å². The second kappa shape index (κ2) is 6.60. The van der Waals surface area contributed by atoms with E-state index in [4.69, 9.17) is 23.2 Å². The van der Waals surface area contributed by atoms with E-state index < -0.39 is 0 Å². The van der Waals surface area contributed by atoms with E-state index in [-0.39, 0.29) is 5.41 Å². The molecule has 0 amide bonds. The van der Waals surface area contributed by atoms with Gasteiger partial charge in [0.25, 0.3) is 0 Å². The standard InChI is InChI=1S/C15H21Cl2N/c1-5-15(4,10-18-11(2)3)9-12-6-7-13(16)14(17)8-12/h5-8,11,18H,1,9-10H2,2-4H3. The van der Waals surface area contributed by atoms with Crippen LogP contribution >= 0.6 is 23.2 Å². The predicted octanol–water partition coefficient (Wildman–Crippen LogP) is 4.73. The van der Waals surface area contributed by atoms with Gasteiger partial charge >= 0.3 is 0 Å². The average molecular weight is 286 g/mol. The Morgan fingerprint density at radius 3 is 2.50 bits per heavy atom. The van der Waals surface area contributed by atoms with Crippen LogP contribution in [0, 0.1) is 5.41 Å². The van der Waals surface area contributed by atoms with Crippen LogP contribution in [0.2, 0.25) is 10.0 Å². The SMILES string of the molecule is C=CC(C)(CNC(C)C)Cc1ccc(Cl)c(Cl)c1. The van der Waals surface area contributed by atoms with Crippen molar-refractivity contribution in [3.8, 4) is 0 Å². The van der Waals surface area contributed by atoms with Gasteiger partial charge in [-0.25, -0.2) is 0 Å². The number of hydrogen-bond acceptors (Lipinski definition) is 1. The second-order valence-corrected chi connectivity index (χ2v) is 6.13. The third-order valence-electron chi connectivity index (χ3n) is 3.00. The minimum atomic E-state index is 0.0153. The van der Waals surface area contributed by atoms with Crippen molar-refractivity contribution in [1.29, 1.82) is 0 Å². The summed E-state index contributed by atoms with van der Waals surface area (Å²) in [6.07, 6.45) is 2.90. The third kappa shape index (κ3) is 4.64. The van der Waals surface area contributed by atoms with Gasteiger partial charge in [0.2, 0.25) is 0 Å². The molecule has 0 aromatic heterocycles. The summed E-state index contributed by atoms with van der Waals surface area (Å²) in [4.78, 5) is 0. The third-order valence-corrected chi connectivity index (χ3v) is 3.74. The zero-order chi connectivity index (χ0) is 13.8. The van der Waals surface area contributed by atoms with Gasteiger partial charge in [-0.1, -0.05) is 56.1 Å². The minimum Gasteiger partial charge on any atom is -0.314 e. The quantitative estimate of drug-likeness (QED) is 0.746. The Kier molecular flexibility index (Phi) is 5.71. The molecule has 1 aromatic carbocycles. The first-order valence-electron chi connectivity index (χ1n) is 6.17. The van der Waals surface area contributed by atoms with Crippen LogP contribution in [0.4, 0.5) is 0 Å². The highest BCUT2D eigenvalue weighted by molar-refractivity contribution is 6.42. The summed E-state index contributed by atoms with van der Waals surface area (Å²) in [5, 5.41) is 4.66. The fraction of sp³-hybridized carbons (Fsp3) is 0.467. The molecule has 0 aliphatic heterocycles. The lowest BCUT2D eigenvalue weighted by Crippen LogP contribution is -2.35. The molecule has 1 nitrogen and oxygen atoms in total. The molecule has 0 saturated carbocycles. The topological polar surface area (TPSA) is 12.0 Å². The fourth-order valence-corrected chi connectivity index (χ4v) is 2.08. The van der Waals surface area contributed by atoms with Gasteiger partial charge in [0.1, 0.15) is 0 Å². The lowest BCUT2D eigenvalue weighted by molar-refractivity contribution is 0.373. The number of rotatable bonds is 6. The molecule has 0 aliphatic rings. The molecule has 0 bridgehead atoms. The Morgan fingerprint density at radius 1 is 1.33 bits per heavy atom. The highest BCUT2D eigenvalue weighted by Gasteiger charge is 2.21. The van der Waals surface area contributed by atoms with Crippen molar-refractivity contribution in [2.75, 3.05) is 6.54 Å². The zero-order valence-electron chi connectivity index (χ0n) is 11.3. The normalized spacial score (nSPS) is 14.6. The molecule has 0 aliphatic carbocycles. The summed E-state index contributed by atoms with van der Waals surface area (Å²) in [7, 11) is 0. The molecule has 0 fully saturated rings. The summed E-state index contributed by atoms with van der Waals surface area (Å²) in [5.41, 5.74) is 1.19. The molecule has 1 aromatic rings. The van der Waals surface area contributed by atoms with Crippen LogP contribution < -0.4 is 5.32 Å². The average Bonchev–Trinajstić information content (AvgIpc) is 2.31. The Bertz CT molecular complexity index is 415. The van der Waals surface area contributed by atoms with E-state index in [2.05, 4.69) is 32.7 Å². The first-order valence-corrected chi connectivity index (χ1v) is 6.93. The molecular formula is C15H21Cl2N. The molecule has 100 valence electrons. The minimum absolute atomic E-state index is 0.0153. The summed E-state index contributed by atoms with van der Waals surface area (Å²) < 4.78 is 0. The van der Waals surface area contributed by atoms with Gasteiger partial charge in [-0.2, -0.15) is 0 Å². The van der Waals surface area contributed by atoms with Gasteiger partial charge in [0, 0.05) is 18.0 Å². The first kappa shape index (κ1) is 15.6. The van der Waals surface area contributed by atoms with Crippen LogP contribution in [0.25, 0.3) is 0 Å². The van der Waals surface area contributed by atoms with Gasteiger partial charge in [-0.15, -0.1) is 6.58 Å². The summed E-state index contributed by atoms with van der Waals surface area (Å²) in [5.74, 6) is 0. The van der Waals surface area contributed by atoms with Crippen LogP contribution in [0.1, 0.15) is 26.3 Å². The van der Waals surface area contributed by atoms with Gasteiger partial charge in [0.15, 0.2) is 0 Å². The van der Waals surface area contributed by atoms with Crippen molar-refractivity contribution in [3.63, 3.8) is 0 Å². The van der Waals surface area contributed by atoms with E-state index >= 15 is 0 Å². The highest BCUT2D eigenvalue weighted by atomic mass is 35.5. The monoisotopic (exact) mass is 285 g/mol. The summed E-state index contributed by atoms with van der Waals surface area (Å²) in [6.45, 7) is 11.3. The Balaban J connectivity index is 2.77. The number of halogens is 2. The molecule has 18 heavy (non-hydrogen) atoms. The molecule has 0 saturated heterocycles. The molecule has 0 radical (unpaired) electrons. The molecule has 0 heterocycles. The van der Waals surface area contributed by atoms with E-state index in [9.17, 15) is 0 Å². The van der Waals surface area contributed by atoms with Crippen molar-refractivity contribution in [3.05, 3.63) is 46.5 Å². The van der Waals surface area contributed by atoms with E-state index in [1.54, 1.807) is 0 Å². The second-order valence-electron chi connectivity index (χ2n) is 5.32. The molecule has 0 spiro atoms. The lowest BCUT2D eigenvalue weighted by Gasteiger charge is -2.27.